The van der Waals surface area contributed by atoms with E-state index in [-0.39, 0.29) is 11.2 Å². The van der Waals surface area contributed by atoms with E-state index in [1.165, 1.54) is 36.7 Å². The van der Waals surface area contributed by atoms with Crippen LogP contribution in [0.25, 0.3) is 0 Å². The molecule has 1 aliphatic heterocycles. The van der Waals surface area contributed by atoms with Crippen molar-refractivity contribution in [3.05, 3.63) is 24.3 Å². The van der Waals surface area contributed by atoms with Crippen LogP contribution in [0.5, 0.6) is 0 Å². The van der Waals surface area contributed by atoms with E-state index in [1.54, 1.807) is 23.1 Å². The number of amides is 1. The van der Waals surface area contributed by atoms with Gasteiger partial charge >= 0.3 is 0 Å². The number of rotatable bonds is 7. The Bertz CT molecular complexity index is 713. The van der Waals surface area contributed by atoms with Gasteiger partial charge in [0.15, 0.2) is 8.68 Å². The van der Waals surface area contributed by atoms with Crippen molar-refractivity contribution < 1.29 is 4.79 Å². The molecule has 0 bridgehead atoms. The highest BCUT2D eigenvalue weighted by Gasteiger charge is 2.18. The summed E-state index contributed by atoms with van der Waals surface area (Å²) in [5.41, 5.74) is 2.07. The van der Waals surface area contributed by atoms with Gasteiger partial charge in [-0.1, -0.05) is 41.8 Å². The summed E-state index contributed by atoms with van der Waals surface area (Å²) in [4.78, 5) is 14.9. The van der Waals surface area contributed by atoms with Gasteiger partial charge in [0, 0.05) is 24.5 Å². The third kappa shape index (κ3) is 5.37. The molecule has 1 saturated heterocycles. The summed E-state index contributed by atoms with van der Waals surface area (Å²) in [6.45, 7) is 6.24. The molecule has 0 spiro atoms. The number of piperidine rings is 1. The molecule has 140 valence electrons. The van der Waals surface area contributed by atoms with Gasteiger partial charge in [-0.2, -0.15) is 0 Å². The number of hydrogen-bond acceptors (Lipinski definition) is 7. The van der Waals surface area contributed by atoms with Crippen molar-refractivity contribution >= 4 is 52.1 Å². The number of aromatic nitrogens is 2. The Morgan fingerprint density at radius 1 is 1.19 bits per heavy atom. The Morgan fingerprint density at radius 2 is 1.88 bits per heavy atom. The molecule has 1 amide bonds. The Hall–Kier alpha value is -1.25. The van der Waals surface area contributed by atoms with Gasteiger partial charge in [-0.15, -0.1) is 10.2 Å². The van der Waals surface area contributed by atoms with E-state index in [0.29, 0.717) is 0 Å². The average molecular weight is 409 g/mol. The Labute approximate surface area is 167 Å². The van der Waals surface area contributed by atoms with Gasteiger partial charge in [0.1, 0.15) is 0 Å². The summed E-state index contributed by atoms with van der Waals surface area (Å²) in [6.07, 6.45) is 3.85. The molecule has 5 nitrogen and oxygen atoms in total. The summed E-state index contributed by atoms with van der Waals surface area (Å²) in [7, 11) is 0. The fourth-order valence-electron chi connectivity index (χ4n) is 2.78. The summed E-state index contributed by atoms with van der Waals surface area (Å²) in [5, 5.41) is 11.1. The smallest absolute Gasteiger partial charge is 0.237 e. The van der Waals surface area contributed by atoms with Crippen LogP contribution in [0.1, 0.15) is 33.1 Å². The molecule has 3 rings (SSSR count). The minimum Gasteiger partial charge on any atom is -0.372 e. The van der Waals surface area contributed by atoms with Crippen LogP contribution < -0.4 is 10.2 Å². The molecule has 1 aromatic carbocycles. The molecule has 1 atom stereocenters. The molecule has 0 unspecified atom stereocenters. The van der Waals surface area contributed by atoms with Crippen LogP contribution in [-0.2, 0) is 4.79 Å². The highest BCUT2D eigenvalue weighted by Crippen LogP contribution is 2.31. The lowest BCUT2D eigenvalue weighted by atomic mass is 10.1. The first-order chi connectivity index (χ1) is 12.7. The summed E-state index contributed by atoms with van der Waals surface area (Å²) < 4.78 is 1.79. The Balaban J connectivity index is 1.52. The van der Waals surface area contributed by atoms with E-state index in [2.05, 4.69) is 39.5 Å². The maximum absolute atomic E-state index is 12.4. The van der Waals surface area contributed by atoms with E-state index in [9.17, 15) is 4.79 Å². The van der Waals surface area contributed by atoms with Crippen LogP contribution in [-0.4, -0.2) is 40.2 Å². The van der Waals surface area contributed by atoms with E-state index in [0.717, 1.165) is 33.2 Å². The first-order valence-corrected chi connectivity index (χ1v) is 11.6. The number of carbonyl (C=O) groups is 1. The number of thioether (sulfide) groups is 2. The predicted molar refractivity (Wildman–Crippen MR) is 113 cm³/mol. The van der Waals surface area contributed by atoms with Crippen LogP contribution in [0.3, 0.4) is 0 Å². The highest BCUT2D eigenvalue weighted by molar-refractivity contribution is 8.03. The van der Waals surface area contributed by atoms with Crippen molar-refractivity contribution in [3.63, 3.8) is 0 Å². The number of hydrogen-bond donors (Lipinski definition) is 1. The quantitative estimate of drug-likeness (QED) is 0.667. The zero-order valence-electron chi connectivity index (χ0n) is 15.1. The van der Waals surface area contributed by atoms with Crippen LogP contribution in [0.2, 0.25) is 0 Å². The number of anilines is 2. The molecule has 1 aromatic heterocycles. The molecule has 2 aromatic rings. The molecular formula is C18H24N4OS3. The van der Waals surface area contributed by atoms with Crippen LogP contribution in [0.15, 0.2) is 32.9 Å². The number of nitrogens with zero attached hydrogens (tertiary/aromatic N) is 3. The van der Waals surface area contributed by atoms with Gasteiger partial charge in [0.25, 0.3) is 0 Å². The van der Waals surface area contributed by atoms with Crippen molar-refractivity contribution in [1.29, 1.82) is 0 Å². The van der Waals surface area contributed by atoms with Crippen molar-refractivity contribution in [1.82, 2.24) is 10.2 Å². The zero-order valence-corrected chi connectivity index (χ0v) is 17.6. The van der Waals surface area contributed by atoms with E-state index >= 15 is 0 Å². The summed E-state index contributed by atoms with van der Waals surface area (Å²) in [6, 6.07) is 8.16. The highest BCUT2D eigenvalue weighted by atomic mass is 32.2. The number of benzene rings is 1. The number of nitrogens with one attached hydrogen (secondary N) is 1. The van der Waals surface area contributed by atoms with Crippen molar-refractivity contribution in [2.45, 2.75) is 47.0 Å². The molecule has 0 saturated carbocycles. The zero-order chi connectivity index (χ0) is 18.4. The van der Waals surface area contributed by atoms with Gasteiger partial charge in [0.2, 0.25) is 5.91 Å². The lowest BCUT2D eigenvalue weighted by molar-refractivity contribution is -0.115. The third-order valence-corrected chi connectivity index (χ3v) is 7.28. The molecule has 1 aliphatic rings. The Morgan fingerprint density at radius 3 is 2.58 bits per heavy atom. The van der Waals surface area contributed by atoms with Crippen LogP contribution >= 0.6 is 34.9 Å². The second-order valence-electron chi connectivity index (χ2n) is 6.11. The molecule has 0 radical (unpaired) electrons. The van der Waals surface area contributed by atoms with Gasteiger partial charge in [-0.05, 0) is 56.2 Å². The Kier molecular flexibility index (Phi) is 7.22. The van der Waals surface area contributed by atoms with Crippen molar-refractivity contribution in [2.24, 2.45) is 0 Å². The first kappa shape index (κ1) is 19.5. The van der Waals surface area contributed by atoms with E-state index in [4.69, 9.17) is 0 Å². The third-order valence-electron chi connectivity index (χ3n) is 4.16. The maximum atomic E-state index is 12.4. The van der Waals surface area contributed by atoms with Gasteiger partial charge < -0.3 is 10.2 Å². The minimum atomic E-state index is -0.218. The standard InChI is InChI=1S/C18H24N4OS3/c1-3-24-17-20-21-18(26-17)25-13(2)16(23)19-14-7-9-15(10-8-14)22-11-5-4-6-12-22/h7-10,13H,3-6,11-12H2,1-2H3,(H,19,23)/t13-/m1/s1. The molecule has 1 N–H and O–H groups in total. The van der Waals surface area contributed by atoms with Crippen molar-refractivity contribution in [3.8, 4) is 0 Å². The van der Waals surface area contributed by atoms with E-state index < -0.39 is 0 Å². The lowest BCUT2D eigenvalue weighted by Crippen LogP contribution is -2.29. The van der Waals surface area contributed by atoms with Gasteiger partial charge in [-0.3, -0.25) is 4.79 Å². The van der Waals surface area contributed by atoms with Gasteiger partial charge in [0.05, 0.1) is 5.25 Å². The van der Waals surface area contributed by atoms with Crippen molar-refractivity contribution in [2.75, 3.05) is 29.1 Å². The largest absolute Gasteiger partial charge is 0.372 e. The molecule has 2 heterocycles. The normalized spacial score (nSPS) is 15.7. The molecule has 0 aliphatic carbocycles. The average Bonchev–Trinajstić information content (AvgIpc) is 3.10. The fraction of sp³-hybridized carbons (Fsp3) is 0.500. The molecular weight excluding hydrogens is 384 g/mol. The second kappa shape index (κ2) is 9.62. The molecule has 26 heavy (non-hydrogen) atoms. The maximum Gasteiger partial charge on any atom is 0.237 e. The topological polar surface area (TPSA) is 58.1 Å². The molecule has 1 fully saturated rings. The first-order valence-electron chi connectivity index (χ1n) is 8.94. The van der Waals surface area contributed by atoms with E-state index in [1.807, 2.05) is 19.1 Å². The minimum absolute atomic E-state index is 0.0133. The monoisotopic (exact) mass is 408 g/mol. The summed E-state index contributed by atoms with van der Waals surface area (Å²) >= 11 is 4.67. The predicted octanol–water partition coefficient (Wildman–Crippen LogP) is 4.76. The summed E-state index contributed by atoms with van der Waals surface area (Å²) in [5.74, 6) is 0.962. The van der Waals surface area contributed by atoms with Gasteiger partial charge in [-0.25, -0.2) is 0 Å². The SMILES string of the molecule is CCSc1nnc(S[C@H](C)C(=O)Nc2ccc(N3CCCCC3)cc2)s1. The molecule has 8 heteroatoms. The second-order valence-corrected chi connectivity index (χ2v) is 10.2. The number of carbonyl (C=O) groups excluding carboxylic acids is 1. The van der Waals surface area contributed by atoms with Crippen LogP contribution in [0, 0.1) is 0 Å². The fourth-order valence-corrected chi connectivity index (χ4v) is 5.84. The van der Waals surface area contributed by atoms with Crippen LogP contribution in [0.4, 0.5) is 11.4 Å². The lowest BCUT2D eigenvalue weighted by Gasteiger charge is -2.28.